The maximum Gasteiger partial charge on any atom is 0.278 e. The predicted molar refractivity (Wildman–Crippen MR) is 80.6 cm³/mol. The number of aromatic nitrogens is 1. The summed E-state index contributed by atoms with van der Waals surface area (Å²) < 4.78 is 5.82. The number of nitro groups is 1. The maximum atomic E-state index is 11.1. The minimum absolute atomic E-state index is 0.116. The van der Waals surface area contributed by atoms with Gasteiger partial charge in [0.1, 0.15) is 12.4 Å². The number of ether oxygens (including phenoxy) is 1. The normalized spacial score (nSPS) is 10.5. The Morgan fingerprint density at radius 2 is 1.76 bits per heavy atom. The molecule has 0 N–H and O–H groups in total. The van der Waals surface area contributed by atoms with E-state index in [9.17, 15) is 10.1 Å². The highest BCUT2D eigenvalue weighted by atomic mass is 16.6. The standard InChI is InChI=1S/C16H18N2O3/c1-10-6-5-7-11(2)16(10)21-9-14-13(4)15(18(19)20)12(3)8-17-14/h5-8H,9H2,1-4H3. The molecule has 0 fully saturated rings. The van der Waals surface area contributed by atoms with Gasteiger partial charge in [-0.1, -0.05) is 18.2 Å². The second kappa shape index (κ2) is 5.91. The van der Waals surface area contributed by atoms with Gasteiger partial charge in [-0.2, -0.15) is 0 Å². The summed E-state index contributed by atoms with van der Waals surface area (Å²) in [5, 5.41) is 11.1. The van der Waals surface area contributed by atoms with Gasteiger partial charge in [-0.15, -0.1) is 0 Å². The quantitative estimate of drug-likeness (QED) is 0.633. The molecule has 0 aliphatic heterocycles. The van der Waals surface area contributed by atoms with Crippen LogP contribution in [0.4, 0.5) is 5.69 Å². The molecule has 110 valence electrons. The summed E-state index contributed by atoms with van der Waals surface area (Å²) in [6.45, 7) is 7.56. The largest absolute Gasteiger partial charge is 0.487 e. The van der Waals surface area contributed by atoms with E-state index in [0.29, 0.717) is 16.8 Å². The molecule has 0 aliphatic rings. The van der Waals surface area contributed by atoms with Crippen LogP contribution in [0.1, 0.15) is 27.9 Å². The average molecular weight is 286 g/mol. The van der Waals surface area contributed by atoms with Gasteiger partial charge in [0, 0.05) is 11.8 Å². The van der Waals surface area contributed by atoms with E-state index < -0.39 is 0 Å². The molecule has 1 aromatic carbocycles. The monoisotopic (exact) mass is 286 g/mol. The Bertz CT molecular complexity index is 676. The van der Waals surface area contributed by atoms with E-state index in [-0.39, 0.29) is 17.2 Å². The molecule has 0 saturated carbocycles. The summed E-state index contributed by atoms with van der Waals surface area (Å²) in [5.74, 6) is 0.807. The second-order valence-corrected chi connectivity index (χ2v) is 5.13. The maximum absolute atomic E-state index is 11.1. The van der Waals surface area contributed by atoms with Crippen molar-refractivity contribution in [1.29, 1.82) is 0 Å². The summed E-state index contributed by atoms with van der Waals surface area (Å²) in [6.07, 6.45) is 1.52. The van der Waals surface area contributed by atoms with Crippen LogP contribution >= 0.6 is 0 Å². The lowest BCUT2D eigenvalue weighted by Gasteiger charge is -2.13. The van der Waals surface area contributed by atoms with Crippen molar-refractivity contribution in [1.82, 2.24) is 4.98 Å². The topological polar surface area (TPSA) is 65.3 Å². The highest BCUT2D eigenvalue weighted by molar-refractivity contribution is 5.47. The third kappa shape index (κ3) is 3.02. The molecular formula is C16H18N2O3. The van der Waals surface area contributed by atoms with Crippen LogP contribution in [0.5, 0.6) is 5.75 Å². The SMILES string of the molecule is Cc1cccc(C)c1OCc1ncc(C)c([N+](=O)[O-])c1C. The van der Waals surface area contributed by atoms with E-state index in [0.717, 1.165) is 16.9 Å². The van der Waals surface area contributed by atoms with Gasteiger partial charge in [0.25, 0.3) is 5.69 Å². The molecular weight excluding hydrogens is 268 g/mol. The number of hydrogen-bond acceptors (Lipinski definition) is 4. The summed E-state index contributed by atoms with van der Waals surface area (Å²) >= 11 is 0. The van der Waals surface area contributed by atoms with Crippen molar-refractivity contribution in [3.05, 3.63) is 62.5 Å². The van der Waals surface area contributed by atoms with Gasteiger partial charge in [-0.3, -0.25) is 15.1 Å². The van der Waals surface area contributed by atoms with E-state index in [2.05, 4.69) is 4.98 Å². The molecule has 0 bridgehead atoms. The molecule has 0 amide bonds. The fourth-order valence-corrected chi connectivity index (χ4v) is 2.36. The van der Waals surface area contributed by atoms with Gasteiger partial charge in [0.05, 0.1) is 16.2 Å². The Balaban J connectivity index is 2.29. The molecule has 0 unspecified atom stereocenters. The van der Waals surface area contributed by atoms with Crippen molar-refractivity contribution in [2.24, 2.45) is 0 Å². The van der Waals surface area contributed by atoms with E-state index in [1.54, 1.807) is 13.8 Å². The van der Waals surface area contributed by atoms with Crippen LogP contribution in [0.25, 0.3) is 0 Å². The van der Waals surface area contributed by atoms with Crippen LogP contribution in [0.2, 0.25) is 0 Å². The molecule has 2 aromatic rings. The van der Waals surface area contributed by atoms with Gasteiger partial charge >= 0.3 is 0 Å². The lowest BCUT2D eigenvalue weighted by Crippen LogP contribution is -2.06. The number of aryl methyl sites for hydroxylation is 3. The Morgan fingerprint density at radius 3 is 2.33 bits per heavy atom. The zero-order valence-electron chi connectivity index (χ0n) is 12.6. The molecule has 2 rings (SSSR count). The molecule has 0 saturated heterocycles. The van der Waals surface area contributed by atoms with Crippen molar-refractivity contribution < 1.29 is 9.66 Å². The summed E-state index contributed by atoms with van der Waals surface area (Å²) in [5.41, 5.74) is 3.91. The third-order valence-electron chi connectivity index (χ3n) is 3.52. The van der Waals surface area contributed by atoms with Crippen LogP contribution in [0.15, 0.2) is 24.4 Å². The predicted octanol–water partition coefficient (Wildman–Crippen LogP) is 3.80. The zero-order valence-corrected chi connectivity index (χ0v) is 12.6. The molecule has 0 atom stereocenters. The van der Waals surface area contributed by atoms with Crippen molar-refractivity contribution in [3.63, 3.8) is 0 Å². The lowest BCUT2D eigenvalue weighted by molar-refractivity contribution is -0.386. The first-order valence-corrected chi connectivity index (χ1v) is 6.70. The van der Waals surface area contributed by atoms with Gasteiger partial charge in [0.15, 0.2) is 0 Å². The highest BCUT2D eigenvalue weighted by Gasteiger charge is 2.19. The summed E-state index contributed by atoms with van der Waals surface area (Å²) in [7, 11) is 0. The Hall–Kier alpha value is -2.43. The molecule has 0 spiro atoms. The first kappa shape index (κ1) is 15.0. The van der Waals surface area contributed by atoms with E-state index in [1.807, 2.05) is 32.0 Å². The molecule has 5 nitrogen and oxygen atoms in total. The highest BCUT2D eigenvalue weighted by Crippen LogP contribution is 2.27. The Morgan fingerprint density at radius 1 is 1.14 bits per heavy atom. The first-order chi connectivity index (χ1) is 9.91. The average Bonchev–Trinajstić information content (AvgIpc) is 2.40. The number of nitrogens with zero attached hydrogens (tertiary/aromatic N) is 2. The summed E-state index contributed by atoms with van der Waals surface area (Å²) in [4.78, 5) is 15.0. The van der Waals surface area contributed by atoms with Crippen LogP contribution in [0, 0.1) is 37.8 Å². The molecule has 0 radical (unpaired) electrons. The number of benzene rings is 1. The lowest BCUT2D eigenvalue weighted by atomic mass is 10.1. The van der Waals surface area contributed by atoms with Crippen molar-refractivity contribution in [2.45, 2.75) is 34.3 Å². The van der Waals surface area contributed by atoms with E-state index >= 15 is 0 Å². The molecule has 0 aliphatic carbocycles. The molecule has 5 heteroatoms. The summed E-state index contributed by atoms with van der Waals surface area (Å²) in [6, 6.07) is 5.91. The van der Waals surface area contributed by atoms with Crippen LogP contribution in [0.3, 0.4) is 0 Å². The minimum Gasteiger partial charge on any atom is -0.487 e. The van der Waals surface area contributed by atoms with Gasteiger partial charge in [-0.25, -0.2) is 0 Å². The van der Waals surface area contributed by atoms with Crippen LogP contribution < -0.4 is 4.74 Å². The third-order valence-corrected chi connectivity index (χ3v) is 3.52. The molecule has 21 heavy (non-hydrogen) atoms. The molecule has 1 heterocycles. The van der Waals surface area contributed by atoms with Crippen molar-refractivity contribution >= 4 is 5.69 Å². The Kier molecular flexibility index (Phi) is 4.21. The van der Waals surface area contributed by atoms with Crippen LogP contribution in [-0.2, 0) is 6.61 Å². The fourth-order valence-electron chi connectivity index (χ4n) is 2.36. The Labute approximate surface area is 123 Å². The van der Waals surface area contributed by atoms with Gasteiger partial charge < -0.3 is 4.74 Å². The number of pyridine rings is 1. The van der Waals surface area contributed by atoms with E-state index in [4.69, 9.17) is 4.74 Å². The number of para-hydroxylation sites is 1. The van der Waals surface area contributed by atoms with Crippen molar-refractivity contribution in [2.75, 3.05) is 0 Å². The van der Waals surface area contributed by atoms with Crippen molar-refractivity contribution in [3.8, 4) is 5.75 Å². The second-order valence-electron chi connectivity index (χ2n) is 5.13. The van der Waals surface area contributed by atoms with E-state index in [1.165, 1.54) is 6.20 Å². The number of rotatable bonds is 4. The first-order valence-electron chi connectivity index (χ1n) is 6.70. The van der Waals surface area contributed by atoms with Gasteiger partial charge in [0.2, 0.25) is 0 Å². The zero-order chi connectivity index (χ0) is 15.6. The smallest absolute Gasteiger partial charge is 0.278 e. The minimum atomic E-state index is -0.366. The molecule has 1 aromatic heterocycles. The van der Waals surface area contributed by atoms with Crippen LogP contribution in [-0.4, -0.2) is 9.91 Å². The van der Waals surface area contributed by atoms with Gasteiger partial charge in [-0.05, 0) is 38.8 Å². The fraction of sp³-hybridized carbons (Fsp3) is 0.312. The number of hydrogen-bond donors (Lipinski definition) is 0.